The Kier molecular flexibility index (Phi) is 11.9. The van der Waals surface area contributed by atoms with Crippen molar-refractivity contribution in [3.05, 3.63) is 65.2 Å². The van der Waals surface area contributed by atoms with E-state index in [1.165, 1.54) is 21.6 Å². The van der Waals surface area contributed by atoms with Crippen LogP contribution in [0.1, 0.15) is 76.3 Å². The molecule has 0 radical (unpaired) electrons. The van der Waals surface area contributed by atoms with Crippen LogP contribution in [0.2, 0.25) is 0 Å². The number of nitrogens with zero attached hydrogens (tertiary/aromatic N) is 3. The van der Waals surface area contributed by atoms with Crippen molar-refractivity contribution in [1.82, 2.24) is 30.7 Å². The second-order valence-electron chi connectivity index (χ2n) is 16.8. The van der Waals surface area contributed by atoms with Gasteiger partial charge in [-0.25, -0.2) is 18.4 Å². The lowest BCUT2D eigenvalue weighted by molar-refractivity contribution is -0.163. The number of carbonyl (C=O) groups excluding carboxylic acids is 7. The van der Waals surface area contributed by atoms with E-state index in [9.17, 15) is 42.3 Å². The van der Waals surface area contributed by atoms with Crippen LogP contribution in [0.15, 0.2) is 42.5 Å². The van der Waals surface area contributed by atoms with Gasteiger partial charge < -0.3 is 40.7 Å². The molecule has 17 heteroatoms. The van der Waals surface area contributed by atoms with Gasteiger partial charge in [0.2, 0.25) is 29.5 Å². The molecule has 0 aromatic heterocycles. The second kappa shape index (κ2) is 16.9. The number of benzene rings is 2. The Hall–Kier alpha value is -5.61. The predicted molar refractivity (Wildman–Crippen MR) is 208 cm³/mol. The van der Waals surface area contributed by atoms with Crippen molar-refractivity contribution in [2.24, 2.45) is 5.41 Å². The van der Waals surface area contributed by atoms with Gasteiger partial charge in [0.15, 0.2) is 0 Å². The lowest BCUT2D eigenvalue weighted by Crippen LogP contribution is -2.63. The zero-order valence-electron chi connectivity index (χ0n) is 33.4. The molecule has 4 saturated heterocycles. The van der Waals surface area contributed by atoms with E-state index in [2.05, 4.69) is 21.3 Å². The summed E-state index contributed by atoms with van der Waals surface area (Å²) in [5.41, 5.74) is 1.09. The van der Waals surface area contributed by atoms with Crippen molar-refractivity contribution < 1.29 is 47.1 Å². The molecule has 7 amide bonds. The van der Waals surface area contributed by atoms with Gasteiger partial charge in [0.05, 0.1) is 0 Å². The maximum absolute atomic E-state index is 14.7. The number of hydrogen-bond acceptors (Lipinski definition) is 8. The highest BCUT2D eigenvalue weighted by Crippen LogP contribution is 2.55. The smallest absolute Gasteiger partial charge is 0.329 e. The molecular weight excluding hydrogens is 768 g/mol. The minimum Gasteiger partial charge on any atom is -0.458 e. The van der Waals surface area contributed by atoms with Crippen molar-refractivity contribution in [2.45, 2.75) is 121 Å². The van der Waals surface area contributed by atoms with Crippen LogP contribution in [0.25, 0.3) is 0 Å². The number of urea groups is 1. The van der Waals surface area contributed by atoms with E-state index in [0.29, 0.717) is 43.9 Å². The average molecular weight is 820 g/mol. The fourth-order valence-electron chi connectivity index (χ4n) is 8.88. The number of nitrogens with one attached hydrogen (secondary N) is 4. The summed E-state index contributed by atoms with van der Waals surface area (Å²) in [5.74, 6) is -5.73. The third kappa shape index (κ3) is 9.18. The molecule has 7 rings (SSSR count). The third-order valence-electron chi connectivity index (χ3n) is 12.3. The number of esters is 1. The van der Waals surface area contributed by atoms with Gasteiger partial charge >= 0.3 is 12.0 Å². The van der Waals surface area contributed by atoms with Crippen molar-refractivity contribution in [3.63, 3.8) is 0 Å². The monoisotopic (exact) mass is 819 g/mol. The minimum atomic E-state index is -1.61. The molecule has 4 aliphatic heterocycles. The van der Waals surface area contributed by atoms with Crippen LogP contribution in [0.5, 0.6) is 0 Å². The van der Waals surface area contributed by atoms with Crippen molar-refractivity contribution in [1.29, 1.82) is 0 Å². The number of ether oxygens (including phenoxy) is 1. The Labute approximate surface area is 340 Å². The molecule has 4 N–H and O–H groups in total. The number of anilines is 1. The fraction of sp³-hybridized carbons (Fsp3) is 0.548. The maximum Gasteiger partial charge on any atom is 0.329 e. The maximum atomic E-state index is 14.7. The molecule has 5 fully saturated rings. The van der Waals surface area contributed by atoms with Gasteiger partial charge in [-0.3, -0.25) is 24.0 Å². The Morgan fingerprint density at radius 1 is 0.847 bits per heavy atom. The van der Waals surface area contributed by atoms with Crippen molar-refractivity contribution in [3.8, 4) is 0 Å². The molecule has 2 aromatic carbocycles. The van der Waals surface area contributed by atoms with Crippen LogP contribution in [0.3, 0.4) is 0 Å². The molecule has 7 atom stereocenters. The number of rotatable bonds is 6. The van der Waals surface area contributed by atoms with Crippen LogP contribution in [0, 0.1) is 24.0 Å². The van der Waals surface area contributed by atoms with E-state index in [-0.39, 0.29) is 37.0 Å². The Bertz CT molecular complexity index is 1990. The summed E-state index contributed by atoms with van der Waals surface area (Å²) >= 11 is 0. The quantitative estimate of drug-likeness (QED) is 0.321. The van der Waals surface area contributed by atoms with E-state index < -0.39 is 102 Å². The number of fused-ring (bicyclic) bond motifs is 3. The molecule has 59 heavy (non-hydrogen) atoms. The van der Waals surface area contributed by atoms with Crippen LogP contribution in [-0.2, 0) is 39.9 Å². The summed E-state index contributed by atoms with van der Waals surface area (Å²) in [4.78, 5) is 103. The van der Waals surface area contributed by atoms with Gasteiger partial charge in [-0.1, -0.05) is 17.7 Å². The highest BCUT2D eigenvalue weighted by Gasteiger charge is 2.57. The van der Waals surface area contributed by atoms with Gasteiger partial charge in [0.1, 0.15) is 54.0 Å². The summed E-state index contributed by atoms with van der Waals surface area (Å²) in [7, 11) is 0. The predicted octanol–water partition coefficient (Wildman–Crippen LogP) is 2.69. The normalized spacial score (nSPS) is 27.6. The molecule has 7 unspecified atom stereocenters. The number of cyclic esters (lactones) is 1. The van der Waals surface area contributed by atoms with E-state index >= 15 is 0 Å². The summed E-state index contributed by atoms with van der Waals surface area (Å²) in [6.07, 6.45) is 2.52. The van der Waals surface area contributed by atoms with Crippen molar-refractivity contribution in [2.75, 3.05) is 25.0 Å². The van der Waals surface area contributed by atoms with E-state index in [1.807, 2.05) is 6.92 Å². The average Bonchev–Trinajstić information content (AvgIpc) is 3.58. The number of halogens is 2. The van der Waals surface area contributed by atoms with E-state index in [4.69, 9.17) is 4.74 Å². The van der Waals surface area contributed by atoms with Crippen LogP contribution >= 0.6 is 0 Å². The lowest BCUT2D eigenvalue weighted by atomic mass is 9.99. The van der Waals surface area contributed by atoms with Crippen molar-refractivity contribution >= 4 is 47.2 Å². The summed E-state index contributed by atoms with van der Waals surface area (Å²) in [6, 6.07) is 1.66. The molecule has 1 aliphatic carbocycles. The first-order chi connectivity index (χ1) is 28.1. The van der Waals surface area contributed by atoms with Crippen LogP contribution in [-0.4, -0.2) is 118 Å². The molecule has 316 valence electrons. The molecule has 0 bridgehead atoms. The Morgan fingerprint density at radius 3 is 2.20 bits per heavy atom. The Morgan fingerprint density at radius 2 is 1.51 bits per heavy atom. The van der Waals surface area contributed by atoms with E-state index in [1.54, 1.807) is 31.2 Å². The van der Waals surface area contributed by atoms with Gasteiger partial charge in [0, 0.05) is 37.8 Å². The zero-order valence-corrected chi connectivity index (χ0v) is 33.4. The number of aryl methyl sites for hydroxylation is 1. The molecule has 2 aromatic rings. The summed E-state index contributed by atoms with van der Waals surface area (Å²) in [6.45, 7) is 5.51. The lowest BCUT2D eigenvalue weighted by Gasteiger charge is -2.39. The van der Waals surface area contributed by atoms with Crippen LogP contribution in [0.4, 0.5) is 19.3 Å². The van der Waals surface area contributed by atoms with Gasteiger partial charge in [-0.05, 0) is 107 Å². The zero-order chi connectivity index (χ0) is 42.2. The van der Waals surface area contributed by atoms with Gasteiger partial charge in [-0.2, -0.15) is 0 Å². The topological polar surface area (TPSA) is 187 Å². The van der Waals surface area contributed by atoms with Crippen LogP contribution < -0.4 is 21.3 Å². The third-order valence-corrected chi connectivity index (χ3v) is 12.3. The minimum absolute atomic E-state index is 0.0293. The number of piperidine rings is 1. The molecular formula is C42H51F2N7O8. The van der Waals surface area contributed by atoms with Gasteiger partial charge in [0.25, 0.3) is 0 Å². The highest BCUT2D eigenvalue weighted by atomic mass is 19.1. The number of carbonyl (C=O) groups is 7. The summed E-state index contributed by atoms with van der Waals surface area (Å²) < 4.78 is 34.7. The van der Waals surface area contributed by atoms with E-state index in [0.717, 1.165) is 30.5 Å². The first-order valence-electron chi connectivity index (χ1n) is 20.4. The largest absolute Gasteiger partial charge is 0.458 e. The fourth-order valence-corrected chi connectivity index (χ4v) is 8.88. The molecule has 15 nitrogen and oxygen atoms in total. The van der Waals surface area contributed by atoms with Gasteiger partial charge in [-0.15, -0.1) is 0 Å². The molecule has 1 spiro atoms. The number of amides is 7. The molecule has 1 saturated carbocycles. The standard InChI is InChI=1S/C42H51F2N7O8/c1-23-9-11-29(12-10-23)46-41(58)47-30(19-26-17-27(43)20-28(44)18-26)35(52)48-34-25(3)59-40(57)33-21-42(13-14-42)22-51(33)37(54)24(2)45-36(53)31-7-4-5-15-49(31)38(55)32-8-6-16-50(32)39(34)56/h9-12,17-18,20,24-25,30-34H,4-8,13-16,19,21-22H2,1-3H3,(H,45,53)(H,48,52)(H2,46,47,58). The number of hydrogen-bond donors (Lipinski definition) is 4. The summed E-state index contributed by atoms with van der Waals surface area (Å²) in [5, 5.41) is 10.6. The first-order valence-corrected chi connectivity index (χ1v) is 20.4. The molecule has 5 aliphatic rings. The second-order valence-corrected chi connectivity index (χ2v) is 16.8. The highest BCUT2D eigenvalue weighted by molar-refractivity contribution is 5.99. The molecule has 4 heterocycles. The Balaban J connectivity index is 1.21. The SMILES string of the molecule is Cc1ccc(NC(=O)NC(Cc2cc(F)cc(F)c2)C(=O)NC2C(=O)N3CCCC3C(=O)N3CCCCC3C(=O)NC(C)C(=O)N3CC4(CC4)CC3C(=O)OC2C)cc1. The first kappa shape index (κ1) is 41.5.